The van der Waals surface area contributed by atoms with Crippen LogP contribution in [-0.2, 0) is 6.42 Å². The molecule has 0 atom stereocenters. The first-order chi connectivity index (χ1) is 8.22. The minimum absolute atomic E-state index is 0.0253. The number of carboxylic acid groups (broad SMARTS) is 1. The number of hydrogen-bond acceptors (Lipinski definition) is 4. The molecule has 86 valence electrons. The molecule has 0 bridgehead atoms. The first-order valence-corrected chi connectivity index (χ1v) is 5.23. The number of rotatable bonds is 3. The third kappa shape index (κ3) is 2.28. The van der Waals surface area contributed by atoms with E-state index in [1.807, 2.05) is 19.1 Å². The van der Waals surface area contributed by atoms with Gasteiger partial charge in [-0.25, -0.2) is 14.8 Å². The second-order valence-electron chi connectivity index (χ2n) is 3.44. The lowest BCUT2D eigenvalue weighted by Crippen LogP contribution is -2.04. The van der Waals surface area contributed by atoms with E-state index in [2.05, 4.69) is 15.0 Å². The van der Waals surface area contributed by atoms with Crippen molar-refractivity contribution in [3.63, 3.8) is 0 Å². The predicted octanol–water partition coefficient (Wildman–Crippen LogP) is 1.80. The fourth-order valence-electron chi connectivity index (χ4n) is 1.52. The number of carbonyl (C=O) groups is 1. The summed E-state index contributed by atoms with van der Waals surface area (Å²) >= 11 is 0. The van der Waals surface area contributed by atoms with Crippen molar-refractivity contribution in [2.75, 3.05) is 0 Å². The van der Waals surface area contributed by atoms with Crippen molar-refractivity contribution < 1.29 is 9.90 Å². The van der Waals surface area contributed by atoms with Gasteiger partial charge in [-0.2, -0.15) is 0 Å². The van der Waals surface area contributed by atoms with Gasteiger partial charge in [0.1, 0.15) is 5.69 Å². The average Bonchev–Trinajstić information content (AvgIpc) is 2.39. The molecule has 5 nitrogen and oxygen atoms in total. The molecule has 0 aliphatic heterocycles. The largest absolute Gasteiger partial charge is 0.477 e. The van der Waals surface area contributed by atoms with Crippen molar-refractivity contribution in [3.05, 3.63) is 41.9 Å². The maximum Gasteiger partial charge on any atom is 0.354 e. The molecule has 0 aliphatic rings. The van der Waals surface area contributed by atoms with E-state index in [1.165, 1.54) is 12.3 Å². The van der Waals surface area contributed by atoms with Gasteiger partial charge < -0.3 is 5.11 Å². The summed E-state index contributed by atoms with van der Waals surface area (Å²) in [6, 6.07) is 5.13. The SMILES string of the molecule is CCc1cccnc1-c1nccc(C(=O)O)n1. The molecule has 2 aromatic heterocycles. The van der Waals surface area contributed by atoms with Crippen LogP contribution in [0.15, 0.2) is 30.6 Å². The molecule has 17 heavy (non-hydrogen) atoms. The number of hydrogen-bond donors (Lipinski definition) is 1. The molecule has 0 unspecified atom stereocenters. The zero-order valence-electron chi connectivity index (χ0n) is 9.29. The fraction of sp³-hybridized carbons (Fsp3) is 0.167. The Morgan fingerprint density at radius 2 is 2.12 bits per heavy atom. The Morgan fingerprint density at radius 3 is 2.82 bits per heavy atom. The average molecular weight is 229 g/mol. The van der Waals surface area contributed by atoms with E-state index in [-0.39, 0.29) is 5.69 Å². The van der Waals surface area contributed by atoms with Crippen LogP contribution in [0.25, 0.3) is 11.5 Å². The first kappa shape index (κ1) is 11.2. The van der Waals surface area contributed by atoms with Crippen molar-refractivity contribution in [1.82, 2.24) is 15.0 Å². The van der Waals surface area contributed by atoms with Crippen LogP contribution in [0.4, 0.5) is 0 Å². The highest BCUT2D eigenvalue weighted by Crippen LogP contribution is 2.17. The molecular formula is C12H11N3O2. The molecule has 1 N–H and O–H groups in total. The lowest BCUT2D eigenvalue weighted by molar-refractivity contribution is 0.0690. The second-order valence-corrected chi connectivity index (χ2v) is 3.44. The van der Waals surface area contributed by atoms with Gasteiger partial charge >= 0.3 is 5.97 Å². The molecule has 2 heterocycles. The number of nitrogens with zero attached hydrogens (tertiary/aromatic N) is 3. The number of aryl methyl sites for hydroxylation is 1. The van der Waals surface area contributed by atoms with Crippen molar-refractivity contribution >= 4 is 5.97 Å². The van der Waals surface area contributed by atoms with Gasteiger partial charge in [0.2, 0.25) is 0 Å². The summed E-state index contributed by atoms with van der Waals surface area (Å²) in [5.41, 5.74) is 1.61. The predicted molar refractivity (Wildman–Crippen MR) is 61.6 cm³/mol. The van der Waals surface area contributed by atoms with Gasteiger partial charge in [-0.15, -0.1) is 0 Å². The van der Waals surface area contributed by atoms with Gasteiger partial charge in [-0.05, 0) is 24.1 Å². The van der Waals surface area contributed by atoms with Crippen LogP contribution in [0.2, 0.25) is 0 Å². The van der Waals surface area contributed by atoms with E-state index in [4.69, 9.17) is 5.11 Å². The van der Waals surface area contributed by atoms with Gasteiger partial charge in [-0.1, -0.05) is 13.0 Å². The number of aromatic carboxylic acids is 1. The molecule has 2 aromatic rings. The van der Waals surface area contributed by atoms with Crippen LogP contribution in [-0.4, -0.2) is 26.0 Å². The van der Waals surface area contributed by atoms with E-state index in [1.54, 1.807) is 6.20 Å². The topological polar surface area (TPSA) is 76.0 Å². The molecule has 5 heteroatoms. The molecule has 0 radical (unpaired) electrons. The maximum absolute atomic E-state index is 10.8. The normalized spacial score (nSPS) is 10.2. The Kier molecular flexibility index (Phi) is 3.09. The zero-order valence-corrected chi connectivity index (χ0v) is 9.29. The van der Waals surface area contributed by atoms with Crippen LogP contribution >= 0.6 is 0 Å². The fourth-order valence-corrected chi connectivity index (χ4v) is 1.52. The molecule has 0 saturated carbocycles. The second kappa shape index (κ2) is 4.69. The minimum atomic E-state index is -1.07. The Morgan fingerprint density at radius 1 is 1.29 bits per heavy atom. The van der Waals surface area contributed by atoms with Gasteiger partial charge in [0.25, 0.3) is 0 Å². The standard InChI is InChI=1S/C12H11N3O2/c1-2-8-4-3-6-13-10(8)11-14-7-5-9(15-11)12(16)17/h3-7H,2H2,1H3,(H,16,17). The van der Waals surface area contributed by atoms with Gasteiger partial charge in [-0.3, -0.25) is 4.98 Å². The Hall–Kier alpha value is -2.30. The summed E-state index contributed by atoms with van der Waals surface area (Å²) in [4.78, 5) is 23.1. The summed E-state index contributed by atoms with van der Waals surface area (Å²) in [6.07, 6.45) is 3.87. The van der Waals surface area contributed by atoms with E-state index in [0.29, 0.717) is 11.5 Å². The highest BCUT2D eigenvalue weighted by molar-refractivity contribution is 5.85. The van der Waals surface area contributed by atoms with Crippen LogP contribution < -0.4 is 0 Å². The molecule has 0 saturated heterocycles. The molecule has 0 amide bonds. The van der Waals surface area contributed by atoms with Crippen molar-refractivity contribution in [2.24, 2.45) is 0 Å². The lowest BCUT2D eigenvalue weighted by Gasteiger charge is -2.04. The summed E-state index contributed by atoms with van der Waals surface area (Å²) in [5, 5.41) is 8.87. The molecular weight excluding hydrogens is 218 g/mol. The van der Waals surface area contributed by atoms with Crippen LogP contribution in [0.1, 0.15) is 23.0 Å². The highest BCUT2D eigenvalue weighted by Gasteiger charge is 2.11. The Balaban J connectivity index is 2.52. The van der Waals surface area contributed by atoms with Crippen LogP contribution in [0.3, 0.4) is 0 Å². The van der Waals surface area contributed by atoms with Gasteiger partial charge in [0.15, 0.2) is 11.5 Å². The smallest absolute Gasteiger partial charge is 0.354 e. The monoisotopic (exact) mass is 229 g/mol. The third-order valence-corrected chi connectivity index (χ3v) is 2.36. The number of aromatic nitrogens is 3. The molecule has 0 aromatic carbocycles. The summed E-state index contributed by atoms with van der Waals surface area (Å²) in [5.74, 6) is -0.718. The molecule has 0 fully saturated rings. The van der Waals surface area contributed by atoms with Crippen molar-refractivity contribution in [3.8, 4) is 11.5 Å². The number of pyridine rings is 1. The highest BCUT2D eigenvalue weighted by atomic mass is 16.4. The van der Waals surface area contributed by atoms with Crippen LogP contribution in [0.5, 0.6) is 0 Å². The van der Waals surface area contributed by atoms with Gasteiger partial charge in [0.05, 0.1) is 0 Å². The molecule has 2 rings (SSSR count). The van der Waals surface area contributed by atoms with E-state index >= 15 is 0 Å². The first-order valence-electron chi connectivity index (χ1n) is 5.23. The molecule has 0 aliphatic carbocycles. The summed E-state index contributed by atoms with van der Waals surface area (Å²) in [6.45, 7) is 2.00. The van der Waals surface area contributed by atoms with Crippen molar-refractivity contribution in [1.29, 1.82) is 0 Å². The zero-order chi connectivity index (χ0) is 12.3. The lowest BCUT2D eigenvalue weighted by atomic mass is 10.1. The third-order valence-electron chi connectivity index (χ3n) is 2.36. The Labute approximate surface area is 98.2 Å². The van der Waals surface area contributed by atoms with Crippen LogP contribution in [0, 0.1) is 0 Å². The minimum Gasteiger partial charge on any atom is -0.477 e. The maximum atomic E-state index is 10.8. The molecule has 0 spiro atoms. The number of carboxylic acids is 1. The summed E-state index contributed by atoms with van der Waals surface area (Å²) in [7, 11) is 0. The van der Waals surface area contributed by atoms with E-state index in [0.717, 1.165) is 12.0 Å². The van der Waals surface area contributed by atoms with Crippen molar-refractivity contribution in [2.45, 2.75) is 13.3 Å². The Bertz CT molecular complexity index is 555. The van der Waals surface area contributed by atoms with E-state index in [9.17, 15) is 4.79 Å². The summed E-state index contributed by atoms with van der Waals surface area (Å²) < 4.78 is 0. The van der Waals surface area contributed by atoms with E-state index < -0.39 is 5.97 Å². The quantitative estimate of drug-likeness (QED) is 0.868. The van der Waals surface area contributed by atoms with Gasteiger partial charge in [0, 0.05) is 12.4 Å².